The Morgan fingerprint density at radius 1 is 0.933 bits per heavy atom. The highest BCUT2D eigenvalue weighted by atomic mass is 16.5. The lowest BCUT2D eigenvalue weighted by molar-refractivity contribution is -0.146. The summed E-state index contributed by atoms with van der Waals surface area (Å²) in [5, 5.41) is 6.04. The summed E-state index contributed by atoms with van der Waals surface area (Å²) in [6.45, 7) is 0.978. The molecule has 4 aliphatic carbocycles. The molecule has 164 valence electrons. The summed E-state index contributed by atoms with van der Waals surface area (Å²) in [6.07, 6.45) is 8.26. The van der Waals surface area contributed by atoms with Gasteiger partial charge in [-0.25, -0.2) is 0 Å². The molecule has 4 bridgehead atoms. The van der Waals surface area contributed by atoms with Crippen LogP contribution in [0.25, 0.3) is 0 Å². The van der Waals surface area contributed by atoms with Crippen molar-refractivity contribution in [2.24, 2.45) is 23.2 Å². The molecule has 0 unspecified atom stereocenters. The van der Waals surface area contributed by atoms with Gasteiger partial charge in [0.15, 0.2) is 11.5 Å². The van der Waals surface area contributed by atoms with Crippen molar-refractivity contribution in [1.29, 1.82) is 0 Å². The minimum atomic E-state index is -0.119. The molecule has 6 heteroatoms. The van der Waals surface area contributed by atoms with E-state index in [1.807, 2.05) is 18.2 Å². The third-order valence-electron chi connectivity index (χ3n) is 7.34. The SMILES string of the molecule is COc1ccc(CCC(=O)NCCNC(=O)C23CC4CC(CC(C4)C2)C3)cc1OC. The Morgan fingerprint density at radius 3 is 2.13 bits per heavy atom. The lowest BCUT2D eigenvalue weighted by Crippen LogP contribution is -2.54. The third kappa shape index (κ3) is 4.42. The van der Waals surface area contributed by atoms with Crippen molar-refractivity contribution in [2.75, 3.05) is 27.3 Å². The highest BCUT2D eigenvalue weighted by Crippen LogP contribution is 2.60. The van der Waals surface area contributed by atoms with E-state index >= 15 is 0 Å². The lowest BCUT2D eigenvalue weighted by atomic mass is 9.49. The van der Waals surface area contributed by atoms with Gasteiger partial charge in [0, 0.05) is 24.9 Å². The molecule has 0 aliphatic heterocycles. The number of ether oxygens (including phenoxy) is 2. The van der Waals surface area contributed by atoms with Crippen LogP contribution in [0.3, 0.4) is 0 Å². The largest absolute Gasteiger partial charge is 0.493 e. The van der Waals surface area contributed by atoms with Gasteiger partial charge in [0.2, 0.25) is 11.8 Å². The Hall–Kier alpha value is -2.24. The molecule has 0 radical (unpaired) electrons. The van der Waals surface area contributed by atoms with Gasteiger partial charge in [-0.15, -0.1) is 0 Å². The maximum atomic E-state index is 12.9. The topological polar surface area (TPSA) is 76.7 Å². The molecule has 0 saturated heterocycles. The van der Waals surface area contributed by atoms with Crippen LogP contribution in [-0.2, 0) is 16.0 Å². The summed E-state index contributed by atoms with van der Waals surface area (Å²) < 4.78 is 10.5. The second-order valence-electron chi connectivity index (χ2n) is 9.49. The molecule has 1 aromatic carbocycles. The van der Waals surface area contributed by atoms with Gasteiger partial charge in [0.25, 0.3) is 0 Å². The molecule has 2 amide bonds. The first-order chi connectivity index (χ1) is 14.5. The average Bonchev–Trinajstić information content (AvgIpc) is 2.73. The number of carbonyl (C=O) groups is 2. The monoisotopic (exact) mass is 414 g/mol. The van der Waals surface area contributed by atoms with Gasteiger partial charge in [-0.05, 0) is 80.4 Å². The van der Waals surface area contributed by atoms with Gasteiger partial charge in [-0.3, -0.25) is 9.59 Å². The fourth-order valence-electron chi connectivity index (χ4n) is 6.34. The van der Waals surface area contributed by atoms with Crippen LogP contribution in [0.4, 0.5) is 0 Å². The van der Waals surface area contributed by atoms with Crippen molar-refractivity contribution in [2.45, 2.75) is 51.4 Å². The van der Waals surface area contributed by atoms with E-state index in [0.717, 1.165) is 42.6 Å². The molecular weight excluding hydrogens is 380 g/mol. The maximum absolute atomic E-state index is 12.9. The van der Waals surface area contributed by atoms with Crippen molar-refractivity contribution in [3.05, 3.63) is 23.8 Å². The molecule has 0 atom stereocenters. The fourth-order valence-corrected chi connectivity index (χ4v) is 6.34. The quantitative estimate of drug-likeness (QED) is 0.609. The van der Waals surface area contributed by atoms with Crippen molar-refractivity contribution in [3.8, 4) is 11.5 Å². The molecule has 5 rings (SSSR count). The zero-order valence-electron chi connectivity index (χ0n) is 18.2. The zero-order chi connectivity index (χ0) is 21.1. The van der Waals surface area contributed by atoms with E-state index in [1.165, 1.54) is 19.3 Å². The van der Waals surface area contributed by atoms with E-state index in [2.05, 4.69) is 10.6 Å². The normalized spacial score (nSPS) is 28.8. The summed E-state index contributed by atoms with van der Waals surface area (Å²) in [4.78, 5) is 25.1. The summed E-state index contributed by atoms with van der Waals surface area (Å²) in [7, 11) is 3.21. The van der Waals surface area contributed by atoms with Crippen LogP contribution >= 0.6 is 0 Å². The second kappa shape index (κ2) is 8.86. The van der Waals surface area contributed by atoms with Crippen LogP contribution in [0.5, 0.6) is 11.5 Å². The summed E-state index contributed by atoms with van der Waals surface area (Å²) in [5.41, 5.74) is 0.907. The zero-order valence-corrected chi connectivity index (χ0v) is 18.2. The minimum Gasteiger partial charge on any atom is -0.493 e. The molecule has 2 N–H and O–H groups in total. The molecule has 0 heterocycles. The number of hydrogen-bond acceptors (Lipinski definition) is 4. The first-order valence-corrected chi connectivity index (χ1v) is 11.3. The van der Waals surface area contributed by atoms with Gasteiger partial charge < -0.3 is 20.1 Å². The summed E-state index contributed by atoms with van der Waals surface area (Å²) in [6, 6.07) is 5.70. The number of nitrogens with one attached hydrogen (secondary N) is 2. The second-order valence-corrected chi connectivity index (χ2v) is 9.49. The molecule has 4 saturated carbocycles. The standard InChI is InChI=1S/C24H34N2O4/c1-29-20-5-3-16(12-21(20)30-2)4-6-22(27)25-7-8-26-23(28)24-13-17-9-18(14-24)11-19(10-17)15-24/h3,5,12,17-19H,4,6-11,13-15H2,1-2H3,(H,25,27)(H,26,28). The van der Waals surface area contributed by atoms with Crippen molar-refractivity contribution in [1.82, 2.24) is 10.6 Å². The number of methoxy groups -OCH3 is 2. The Kier molecular flexibility index (Phi) is 6.21. The Bertz CT molecular complexity index is 756. The Morgan fingerprint density at radius 2 is 1.53 bits per heavy atom. The van der Waals surface area contributed by atoms with Crippen molar-refractivity contribution in [3.63, 3.8) is 0 Å². The van der Waals surface area contributed by atoms with Crippen molar-refractivity contribution < 1.29 is 19.1 Å². The molecule has 4 aliphatic rings. The summed E-state index contributed by atoms with van der Waals surface area (Å²) in [5.74, 6) is 3.85. The van der Waals surface area contributed by atoms with Crippen LogP contribution in [-0.4, -0.2) is 39.1 Å². The molecule has 30 heavy (non-hydrogen) atoms. The number of rotatable bonds is 9. The Labute approximate surface area is 179 Å². The molecule has 0 aromatic heterocycles. The first-order valence-electron chi connectivity index (χ1n) is 11.3. The Balaban J connectivity index is 1.17. The van der Waals surface area contributed by atoms with Crippen LogP contribution in [0.2, 0.25) is 0 Å². The molecule has 1 aromatic rings. The predicted molar refractivity (Wildman–Crippen MR) is 114 cm³/mol. The highest BCUT2D eigenvalue weighted by molar-refractivity contribution is 5.83. The number of benzene rings is 1. The third-order valence-corrected chi connectivity index (χ3v) is 7.34. The van der Waals surface area contributed by atoms with Gasteiger partial charge in [0.1, 0.15) is 0 Å². The molecule has 0 spiro atoms. The number of amides is 2. The van der Waals surface area contributed by atoms with Gasteiger partial charge in [-0.1, -0.05) is 6.07 Å². The molecule has 6 nitrogen and oxygen atoms in total. The molecular formula is C24H34N2O4. The van der Waals surface area contributed by atoms with Crippen molar-refractivity contribution >= 4 is 11.8 Å². The highest BCUT2D eigenvalue weighted by Gasteiger charge is 2.54. The predicted octanol–water partition coefficient (Wildman–Crippen LogP) is 3.09. The fraction of sp³-hybridized carbons (Fsp3) is 0.667. The lowest BCUT2D eigenvalue weighted by Gasteiger charge is -2.55. The smallest absolute Gasteiger partial charge is 0.226 e. The number of carbonyl (C=O) groups excluding carboxylic acids is 2. The first kappa shape index (κ1) is 21.0. The molecule has 4 fully saturated rings. The van der Waals surface area contributed by atoms with E-state index in [-0.39, 0.29) is 17.2 Å². The van der Waals surface area contributed by atoms with Gasteiger partial charge >= 0.3 is 0 Å². The van der Waals surface area contributed by atoms with Gasteiger partial charge in [-0.2, -0.15) is 0 Å². The summed E-state index contributed by atoms with van der Waals surface area (Å²) >= 11 is 0. The maximum Gasteiger partial charge on any atom is 0.226 e. The van der Waals surface area contributed by atoms with E-state index in [9.17, 15) is 9.59 Å². The van der Waals surface area contributed by atoms with E-state index < -0.39 is 0 Å². The van der Waals surface area contributed by atoms with Gasteiger partial charge in [0.05, 0.1) is 14.2 Å². The van der Waals surface area contributed by atoms with E-state index in [1.54, 1.807) is 14.2 Å². The number of hydrogen-bond donors (Lipinski definition) is 2. The van der Waals surface area contributed by atoms with E-state index in [0.29, 0.717) is 37.4 Å². The van der Waals surface area contributed by atoms with E-state index in [4.69, 9.17) is 9.47 Å². The number of aryl methyl sites for hydroxylation is 1. The van der Waals surface area contributed by atoms with Crippen LogP contribution in [0.15, 0.2) is 18.2 Å². The minimum absolute atomic E-state index is 0.00571. The van der Waals surface area contributed by atoms with Crippen LogP contribution in [0, 0.1) is 23.2 Å². The van der Waals surface area contributed by atoms with Crippen LogP contribution < -0.4 is 20.1 Å². The average molecular weight is 415 g/mol. The van der Waals surface area contributed by atoms with Crippen LogP contribution in [0.1, 0.15) is 50.5 Å².